The summed E-state index contributed by atoms with van der Waals surface area (Å²) in [6.07, 6.45) is 0. The van der Waals surface area contributed by atoms with E-state index in [0.29, 0.717) is 0 Å². The molecule has 0 saturated heterocycles. The first-order valence-electron chi connectivity index (χ1n) is 20.9. The summed E-state index contributed by atoms with van der Waals surface area (Å²) in [5.74, 6) is 0. The molecule has 0 fully saturated rings. The average Bonchev–Trinajstić information content (AvgIpc) is 3.64. The van der Waals surface area contributed by atoms with Crippen molar-refractivity contribution in [2.45, 2.75) is 38.5 Å². The molecule has 0 aromatic heterocycles. The molecule has 60 heavy (non-hydrogen) atoms. The van der Waals surface area contributed by atoms with Crippen LogP contribution in [0, 0.1) is 0 Å². The van der Waals surface area contributed by atoms with Gasteiger partial charge in [-0.25, -0.2) is 0 Å². The van der Waals surface area contributed by atoms with Gasteiger partial charge in [0.25, 0.3) is 0 Å². The average molecular weight is 899 g/mol. The molecule has 13 rings (SSSR count). The molecule has 0 amide bonds. The number of anilines is 6. The molecule has 2 aliphatic carbocycles. The Morgan fingerprint density at radius 2 is 0.667 bits per heavy atom. The minimum absolute atomic E-state index is 0.1000. The van der Waals surface area contributed by atoms with E-state index in [1.807, 2.05) is 0 Å². The van der Waals surface area contributed by atoms with Gasteiger partial charge in [0.2, 0.25) is 0 Å². The van der Waals surface area contributed by atoms with Crippen LogP contribution in [0.15, 0.2) is 170 Å². The number of hydrogen-bond donors (Lipinski definition) is 0. The van der Waals surface area contributed by atoms with Gasteiger partial charge < -0.3 is 0 Å². The van der Waals surface area contributed by atoms with Crippen LogP contribution in [0.2, 0.25) is 0 Å². The Kier molecular flexibility index (Phi) is 7.20. The van der Waals surface area contributed by atoms with Gasteiger partial charge in [-0.1, -0.05) is 0 Å². The second kappa shape index (κ2) is 12.4. The Morgan fingerprint density at radius 3 is 1.08 bits per heavy atom. The van der Waals surface area contributed by atoms with E-state index in [1.165, 1.54) is 118 Å². The van der Waals surface area contributed by atoms with Crippen molar-refractivity contribution in [2.75, 3.05) is 9.80 Å². The summed E-state index contributed by atoms with van der Waals surface area (Å²) in [5.41, 5.74) is 18.7. The summed E-state index contributed by atoms with van der Waals surface area (Å²) in [4.78, 5) is 5.27. The zero-order chi connectivity index (χ0) is 40.1. The van der Waals surface area contributed by atoms with E-state index in [-0.39, 0.29) is 40.7 Å². The van der Waals surface area contributed by atoms with Crippen LogP contribution in [-0.2, 0) is 10.8 Å². The van der Waals surface area contributed by atoms with Crippen molar-refractivity contribution < 1.29 is 0 Å². The van der Waals surface area contributed by atoms with Crippen molar-refractivity contribution in [1.82, 2.24) is 0 Å². The molecule has 0 spiro atoms. The quantitative estimate of drug-likeness (QED) is 0.126. The van der Waals surface area contributed by atoms with Crippen molar-refractivity contribution in [2.24, 2.45) is 0 Å². The van der Waals surface area contributed by atoms with Gasteiger partial charge in [0.05, 0.1) is 0 Å². The van der Waals surface area contributed by atoms with E-state index >= 15 is 0 Å². The molecule has 0 unspecified atom stereocenters. The van der Waals surface area contributed by atoms with Crippen molar-refractivity contribution in [3.63, 3.8) is 0 Å². The zero-order valence-corrected chi connectivity index (χ0v) is 37.3. The predicted molar refractivity (Wildman–Crippen MR) is 256 cm³/mol. The fraction of sp³-hybridized carbons (Fsp3) is 0.107. The molecule has 0 atom stereocenters. The van der Waals surface area contributed by atoms with Gasteiger partial charge in [0, 0.05) is 0 Å². The molecule has 0 N–H and O–H groups in total. The second-order valence-electron chi connectivity index (χ2n) is 17.7. The molecule has 9 aromatic rings. The van der Waals surface area contributed by atoms with E-state index in [4.69, 9.17) is 0 Å². The van der Waals surface area contributed by atoms with Gasteiger partial charge in [-0.2, -0.15) is 0 Å². The van der Waals surface area contributed by atoms with Gasteiger partial charge in [0.15, 0.2) is 0 Å². The molecule has 0 radical (unpaired) electrons. The monoisotopic (exact) mass is 900 g/mol. The van der Waals surface area contributed by atoms with Crippen LogP contribution in [-0.4, -0.2) is 29.9 Å². The van der Waals surface area contributed by atoms with Crippen LogP contribution >= 0.6 is 0 Å². The van der Waals surface area contributed by atoms with Crippen molar-refractivity contribution in [1.29, 1.82) is 0 Å². The predicted octanol–water partition coefficient (Wildman–Crippen LogP) is 11.5. The Balaban J connectivity index is 1.11. The molecule has 4 aliphatic rings. The number of hydrogen-bond acceptors (Lipinski definition) is 2. The van der Waals surface area contributed by atoms with Gasteiger partial charge >= 0.3 is 366 Å². The number of benzene rings is 9. The number of rotatable bonds is 2. The third-order valence-corrected chi connectivity index (χ3v) is 18.4. The normalized spacial score (nSPS) is 15.7. The van der Waals surface area contributed by atoms with E-state index < -0.39 is 0 Å². The maximum atomic E-state index is 2.64. The standard InChI is InChI=1S/C56H40N2Se2/c1-55(2)41-23-11-9-17-33(41)39-29-51-47(31-43(39)55)57(45-25-13-15-27-49(45)59-51)53-35-19-5-7-21-37(35)54(38-22-8-6-20-36(38)53)58-46-26-14-16-28-50(46)60-52-30-40-34-18-10-12-24-42(34)56(3,4)44(40)32-48(52)58/h5-32H,1-4H3. The Labute approximate surface area is 363 Å². The van der Waals surface area contributed by atoms with Crippen LogP contribution < -0.4 is 27.6 Å². The Hall–Kier alpha value is -5.86. The first-order chi connectivity index (χ1) is 29.3. The third kappa shape index (κ3) is 4.60. The molecular weight excluding hydrogens is 859 g/mol. The minimum atomic E-state index is -0.1000. The zero-order valence-electron chi connectivity index (χ0n) is 33.9. The second-order valence-corrected chi connectivity index (χ2v) is 22.2. The molecule has 0 saturated carbocycles. The molecule has 2 aliphatic heterocycles. The van der Waals surface area contributed by atoms with Gasteiger partial charge in [-0.05, 0) is 0 Å². The first kappa shape index (κ1) is 34.9. The summed E-state index contributed by atoms with van der Waals surface area (Å²) >= 11 is 0.308. The molecule has 2 heterocycles. The van der Waals surface area contributed by atoms with Crippen LogP contribution in [0.1, 0.15) is 49.9 Å². The summed E-state index contributed by atoms with van der Waals surface area (Å²) < 4.78 is 5.70. The maximum absolute atomic E-state index is 2.64. The van der Waals surface area contributed by atoms with Crippen molar-refractivity contribution in [3.8, 4) is 22.3 Å². The Bertz CT molecular complexity index is 3080. The van der Waals surface area contributed by atoms with Gasteiger partial charge in [-0.15, -0.1) is 0 Å². The van der Waals surface area contributed by atoms with Crippen LogP contribution in [0.5, 0.6) is 0 Å². The van der Waals surface area contributed by atoms with E-state index in [2.05, 4.69) is 207 Å². The van der Waals surface area contributed by atoms with Crippen LogP contribution in [0.25, 0.3) is 43.8 Å². The van der Waals surface area contributed by atoms with Crippen LogP contribution in [0.3, 0.4) is 0 Å². The molecule has 9 aromatic carbocycles. The third-order valence-electron chi connectivity index (χ3n) is 13.8. The molecule has 286 valence electrons. The summed E-state index contributed by atoms with van der Waals surface area (Å²) in [7, 11) is 0. The van der Waals surface area contributed by atoms with E-state index in [9.17, 15) is 0 Å². The van der Waals surface area contributed by atoms with Gasteiger partial charge in [0.1, 0.15) is 0 Å². The number of para-hydroxylation sites is 2. The Morgan fingerprint density at radius 1 is 0.317 bits per heavy atom. The molecule has 4 heteroatoms. The van der Waals surface area contributed by atoms with E-state index in [0.717, 1.165) is 0 Å². The summed E-state index contributed by atoms with van der Waals surface area (Å²) in [6, 6.07) is 65.0. The number of nitrogens with zero attached hydrogens (tertiary/aromatic N) is 2. The molecular formula is C56H40N2Se2. The van der Waals surface area contributed by atoms with Crippen molar-refractivity contribution >= 4 is 103 Å². The summed E-state index contributed by atoms with van der Waals surface area (Å²) in [5, 5.41) is 5.03. The molecule has 2 nitrogen and oxygen atoms in total. The first-order valence-corrected chi connectivity index (χ1v) is 24.4. The van der Waals surface area contributed by atoms with Crippen molar-refractivity contribution in [3.05, 3.63) is 192 Å². The molecule has 0 bridgehead atoms. The van der Waals surface area contributed by atoms with Gasteiger partial charge in [-0.3, -0.25) is 0 Å². The topological polar surface area (TPSA) is 6.48 Å². The fourth-order valence-corrected chi connectivity index (χ4v) is 15.5. The fourth-order valence-electron chi connectivity index (χ4n) is 10.9. The van der Waals surface area contributed by atoms with E-state index in [1.54, 1.807) is 0 Å². The SMILES string of the molecule is CC1(C)c2ccccc2-c2cc3c(cc21)N(c1c2ccccc2c(N2c4ccccc4[Se]c4cc5c(cc42)C(C)(C)c2ccccc2-5)c2ccccc12)c1ccccc1[Se]3. The number of fused-ring (bicyclic) bond motifs is 12. The van der Waals surface area contributed by atoms with Crippen LogP contribution in [0.4, 0.5) is 34.1 Å². The summed E-state index contributed by atoms with van der Waals surface area (Å²) in [6.45, 7) is 9.61.